The Hall–Kier alpha value is -5.08. The van der Waals surface area contributed by atoms with Crippen molar-refractivity contribution in [2.75, 3.05) is 11.6 Å². The zero-order valence-corrected chi connectivity index (χ0v) is 24.1. The van der Waals surface area contributed by atoms with Gasteiger partial charge >= 0.3 is 0 Å². The number of hydrogen-bond acceptors (Lipinski definition) is 8. The number of sulfonamides is 1. The molecule has 218 valence electrons. The van der Waals surface area contributed by atoms with Crippen molar-refractivity contribution >= 4 is 43.6 Å². The summed E-state index contributed by atoms with van der Waals surface area (Å²) in [6, 6.07) is 9.69. The smallest absolute Gasteiger partial charge is 0.226 e. The topological polar surface area (TPSA) is 171 Å². The first-order valence-corrected chi connectivity index (χ1v) is 15.1. The number of anilines is 1. The van der Waals surface area contributed by atoms with E-state index in [4.69, 9.17) is 4.98 Å². The van der Waals surface area contributed by atoms with Crippen LogP contribution in [-0.2, 0) is 21.4 Å². The predicted molar refractivity (Wildman–Crippen MR) is 161 cm³/mol. The Labute approximate surface area is 245 Å². The number of fused-ring (bicyclic) bond motifs is 2. The van der Waals surface area contributed by atoms with Gasteiger partial charge in [0, 0.05) is 41.4 Å². The number of rotatable bonds is 8. The van der Waals surface area contributed by atoms with Gasteiger partial charge in [-0.25, -0.2) is 22.5 Å². The van der Waals surface area contributed by atoms with E-state index in [0.717, 1.165) is 11.6 Å². The Morgan fingerprint density at radius 1 is 1.00 bits per heavy atom. The van der Waals surface area contributed by atoms with Crippen LogP contribution in [-0.4, -0.2) is 55.7 Å². The Morgan fingerprint density at radius 3 is 2.63 bits per heavy atom. The molecular formula is C29H26FN9O3S. The van der Waals surface area contributed by atoms with Gasteiger partial charge in [0.25, 0.3) is 0 Å². The van der Waals surface area contributed by atoms with E-state index in [1.807, 2.05) is 19.9 Å². The van der Waals surface area contributed by atoms with Crippen molar-refractivity contribution in [2.24, 2.45) is 5.92 Å². The van der Waals surface area contributed by atoms with Gasteiger partial charge in [-0.1, -0.05) is 13.8 Å². The van der Waals surface area contributed by atoms with E-state index in [0.29, 0.717) is 61.8 Å². The van der Waals surface area contributed by atoms with Crippen molar-refractivity contribution in [1.29, 1.82) is 0 Å². The van der Waals surface area contributed by atoms with E-state index in [-0.39, 0.29) is 18.4 Å². The Balaban J connectivity index is 1.38. The number of nitrogens with one attached hydrogen (secondary N) is 4. The zero-order chi connectivity index (χ0) is 30.3. The summed E-state index contributed by atoms with van der Waals surface area (Å²) in [7, 11) is -3.46. The maximum Gasteiger partial charge on any atom is 0.226 e. The standard InChI is InChI=1S/C29H26FN9O3S/c1-15(2)29(40)35-20-9-18(12-31-13-20)23-10-21-24(14-33-23)38-39-26(21)28-36-22-4-5-32-25(27(22)37-28)17-6-16(7-19(30)8-17)11-34-43(3,41)42/h4-10,12-15,34H,11H2,1-3H3,(H,35,40)(H,36,37)(H,38,39). The van der Waals surface area contributed by atoms with Crippen molar-refractivity contribution in [3.05, 3.63) is 72.6 Å². The molecule has 0 aliphatic carbocycles. The van der Waals surface area contributed by atoms with Crippen LogP contribution < -0.4 is 10.0 Å². The van der Waals surface area contributed by atoms with Crippen molar-refractivity contribution in [1.82, 2.24) is 39.8 Å². The number of hydrogen-bond donors (Lipinski definition) is 4. The van der Waals surface area contributed by atoms with Crippen molar-refractivity contribution in [2.45, 2.75) is 20.4 Å². The first-order valence-electron chi connectivity index (χ1n) is 13.2. The van der Waals surface area contributed by atoms with Crippen molar-refractivity contribution in [3.8, 4) is 34.0 Å². The van der Waals surface area contributed by atoms with Gasteiger partial charge in [0.05, 0.1) is 46.8 Å². The largest absolute Gasteiger partial charge is 0.336 e. The first-order chi connectivity index (χ1) is 20.5. The summed E-state index contributed by atoms with van der Waals surface area (Å²) in [6.07, 6.45) is 7.53. The molecule has 4 N–H and O–H groups in total. The second-order valence-corrected chi connectivity index (χ2v) is 12.2. The van der Waals surface area contributed by atoms with E-state index in [9.17, 15) is 17.6 Å². The van der Waals surface area contributed by atoms with Crippen LogP contribution in [0.15, 0.2) is 61.2 Å². The maximum absolute atomic E-state index is 14.6. The summed E-state index contributed by atoms with van der Waals surface area (Å²) in [4.78, 5) is 33.5. The molecule has 0 bridgehead atoms. The molecule has 1 amide bonds. The number of nitrogens with zero attached hydrogens (tertiary/aromatic N) is 5. The Kier molecular flexibility index (Phi) is 7.15. The molecule has 0 saturated heterocycles. The van der Waals surface area contributed by atoms with Crippen LogP contribution in [0.4, 0.5) is 10.1 Å². The second kappa shape index (κ2) is 11.0. The first kappa shape index (κ1) is 28.1. The third-order valence-corrected chi connectivity index (χ3v) is 7.34. The van der Waals surface area contributed by atoms with Gasteiger partial charge in [-0.3, -0.25) is 24.8 Å². The molecule has 1 aromatic carbocycles. The maximum atomic E-state index is 14.6. The molecule has 14 heteroatoms. The highest BCUT2D eigenvalue weighted by atomic mass is 32.2. The lowest BCUT2D eigenvalue weighted by Gasteiger charge is -2.08. The Morgan fingerprint density at radius 2 is 1.84 bits per heavy atom. The van der Waals surface area contributed by atoms with Gasteiger partial charge in [-0.05, 0) is 42.0 Å². The molecule has 0 atom stereocenters. The van der Waals surface area contributed by atoms with Crippen LogP contribution >= 0.6 is 0 Å². The van der Waals surface area contributed by atoms with E-state index in [1.165, 1.54) is 12.1 Å². The lowest BCUT2D eigenvalue weighted by atomic mass is 10.1. The molecule has 0 aliphatic heterocycles. The molecule has 5 aromatic heterocycles. The molecule has 6 aromatic rings. The van der Waals surface area contributed by atoms with Gasteiger partial charge in [0.1, 0.15) is 17.0 Å². The van der Waals surface area contributed by atoms with Gasteiger partial charge in [-0.15, -0.1) is 0 Å². The summed E-state index contributed by atoms with van der Waals surface area (Å²) in [5.41, 5.74) is 5.58. The average Bonchev–Trinajstić information content (AvgIpc) is 3.59. The second-order valence-electron chi connectivity index (χ2n) is 10.4. The molecule has 12 nitrogen and oxygen atoms in total. The van der Waals surface area contributed by atoms with E-state index in [1.54, 1.807) is 43.0 Å². The highest BCUT2D eigenvalue weighted by Crippen LogP contribution is 2.32. The summed E-state index contributed by atoms with van der Waals surface area (Å²) in [6.45, 7) is 3.56. The summed E-state index contributed by atoms with van der Waals surface area (Å²) in [5.74, 6) is -0.360. The van der Waals surface area contributed by atoms with E-state index < -0.39 is 15.8 Å². The minimum absolute atomic E-state index is 0.0659. The fourth-order valence-corrected chi connectivity index (χ4v) is 4.98. The number of amides is 1. The van der Waals surface area contributed by atoms with Crippen LogP contribution in [0.5, 0.6) is 0 Å². The molecular weight excluding hydrogens is 573 g/mol. The third kappa shape index (κ3) is 5.96. The fraction of sp³-hybridized carbons (Fsp3) is 0.172. The van der Waals surface area contributed by atoms with E-state index in [2.05, 4.69) is 40.2 Å². The number of H-pyrrole nitrogens is 2. The van der Waals surface area contributed by atoms with Crippen molar-refractivity contribution < 1.29 is 17.6 Å². The van der Waals surface area contributed by atoms with Gasteiger partial charge in [0.15, 0.2) is 5.82 Å². The molecule has 0 aliphatic rings. The molecule has 6 rings (SSSR count). The minimum Gasteiger partial charge on any atom is -0.336 e. The van der Waals surface area contributed by atoms with E-state index >= 15 is 0 Å². The number of aromatic nitrogens is 7. The zero-order valence-electron chi connectivity index (χ0n) is 23.3. The summed E-state index contributed by atoms with van der Waals surface area (Å²) in [5, 5.41) is 11.1. The quantitative estimate of drug-likeness (QED) is 0.199. The van der Waals surface area contributed by atoms with Crippen LogP contribution in [0.25, 0.3) is 56.0 Å². The normalized spacial score (nSPS) is 11.9. The molecule has 5 heterocycles. The van der Waals surface area contributed by atoms with Gasteiger partial charge < -0.3 is 10.3 Å². The number of carbonyl (C=O) groups is 1. The van der Waals surface area contributed by atoms with Crippen LogP contribution in [0.3, 0.4) is 0 Å². The van der Waals surface area contributed by atoms with Gasteiger partial charge in [0.2, 0.25) is 15.9 Å². The highest BCUT2D eigenvalue weighted by molar-refractivity contribution is 7.88. The lowest BCUT2D eigenvalue weighted by Crippen LogP contribution is -2.21. The van der Waals surface area contributed by atoms with Gasteiger partial charge in [-0.2, -0.15) is 5.10 Å². The number of carbonyl (C=O) groups excluding carboxylic acids is 1. The number of imidazole rings is 1. The molecule has 0 spiro atoms. The molecule has 0 unspecified atom stereocenters. The average molecular weight is 600 g/mol. The van der Waals surface area contributed by atoms with Crippen molar-refractivity contribution in [3.63, 3.8) is 0 Å². The molecule has 0 saturated carbocycles. The third-order valence-electron chi connectivity index (χ3n) is 6.67. The summed E-state index contributed by atoms with van der Waals surface area (Å²) < 4.78 is 40.0. The molecule has 43 heavy (non-hydrogen) atoms. The van der Waals surface area contributed by atoms with Crippen LogP contribution in [0.1, 0.15) is 19.4 Å². The molecule has 0 radical (unpaired) electrons. The van der Waals surface area contributed by atoms with Crippen LogP contribution in [0.2, 0.25) is 0 Å². The number of benzene rings is 1. The molecule has 0 fully saturated rings. The highest BCUT2D eigenvalue weighted by Gasteiger charge is 2.18. The SMILES string of the molecule is CC(C)C(=O)Nc1cncc(-c2cc3c(-c4nc5c(-c6cc(F)cc(CNS(C)(=O)=O)c6)nccc5[nH]4)n[nH]c3cn2)c1. The minimum atomic E-state index is -3.46. The fourth-order valence-electron chi connectivity index (χ4n) is 4.55. The summed E-state index contributed by atoms with van der Waals surface area (Å²) >= 11 is 0. The number of aromatic amines is 2. The lowest BCUT2D eigenvalue weighted by molar-refractivity contribution is -0.118. The Bertz CT molecular complexity index is 2120. The number of halogens is 1. The monoisotopic (exact) mass is 599 g/mol. The van der Waals surface area contributed by atoms with Crippen LogP contribution in [0, 0.1) is 11.7 Å². The number of pyridine rings is 3. The predicted octanol–water partition coefficient (Wildman–Crippen LogP) is 4.41.